The molecule has 3 rings (SSSR count). The lowest BCUT2D eigenvalue weighted by atomic mass is 10.1. The Kier molecular flexibility index (Phi) is 6.28. The van der Waals surface area contributed by atoms with Gasteiger partial charge in [0.05, 0.1) is 12.2 Å². The van der Waals surface area contributed by atoms with E-state index in [2.05, 4.69) is 33.1 Å². The average molecular weight is 388 g/mol. The molecule has 0 unspecified atom stereocenters. The van der Waals surface area contributed by atoms with Crippen molar-refractivity contribution in [2.24, 2.45) is 0 Å². The normalized spacial score (nSPS) is 13.2. The van der Waals surface area contributed by atoms with Crippen LogP contribution >= 0.6 is 11.3 Å². The topological polar surface area (TPSA) is 86.4 Å². The molecular weight excluding hydrogens is 362 g/mol. The largest absolute Gasteiger partial charge is 0.338 e. The molecular formula is C19H25N5O2S. The zero-order valence-electron chi connectivity index (χ0n) is 15.6. The van der Waals surface area contributed by atoms with E-state index in [9.17, 15) is 9.59 Å². The third-order valence-electron chi connectivity index (χ3n) is 4.19. The number of carbonyl (C=O) groups is 2. The number of carbonyl (C=O) groups excluding carboxylic acids is 2. The molecule has 0 aliphatic carbocycles. The summed E-state index contributed by atoms with van der Waals surface area (Å²) in [5, 5.41) is 9.10. The minimum Gasteiger partial charge on any atom is -0.338 e. The Morgan fingerprint density at radius 2 is 2.04 bits per heavy atom. The molecule has 3 N–H and O–H groups in total. The Bertz CT molecular complexity index is 791. The number of nitrogens with one attached hydrogen (secondary N) is 3. The second-order valence-corrected chi connectivity index (χ2v) is 7.86. The highest BCUT2D eigenvalue weighted by Gasteiger charge is 2.24. The van der Waals surface area contributed by atoms with Gasteiger partial charge in [0.25, 0.3) is 0 Å². The van der Waals surface area contributed by atoms with E-state index >= 15 is 0 Å². The van der Waals surface area contributed by atoms with Gasteiger partial charge in [-0.05, 0) is 25.8 Å². The van der Waals surface area contributed by atoms with Crippen LogP contribution in [0.3, 0.4) is 0 Å². The summed E-state index contributed by atoms with van der Waals surface area (Å²) < 4.78 is 0. The fourth-order valence-electron chi connectivity index (χ4n) is 2.89. The minimum atomic E-state index is -0.258. The highest BCUT2D eigenvalue weighted by molar-refractivity contribution is 7.15. The molecule has 2 heterocycles. The van der Waals surface area contributed by atoms with Crippen molar-refractivity contribution in [2.45, 2.75) is 39.3 Å². The summed E-state index contributed by atoms with van der Waals surface area (Å²) in [7, 11) is 0. The number of hydrogen-bond acceptors (Lipinski definition) is 4. The second-order valence-electron chi connectivity index (χ2n) is 6.78. The zero-order chi connectivity index (χ0) is 19.2. The van der Waals surface area contributed by atoms with E-state index in [0.29, 0.717) is 31.2 Å². The Balaban J connectivity index is 1.50. The number of amides is 4. The average Bonchev–Trinajstić information content (AvgIpc) is 3.02. The van der Waals surface area contributed by atoms with Gasteiger partial charge >= 0.3 is 12.1 Å². The fourth-order valence-corrected chi connectivity index (χ4v) is 3.91. The van der Waals surface area contributed by atoms with Crippen molar-refractivity contribution in [3.63, 3.8) is 0 Å². The lowest BCUT2D eigenvalue weighted by Crippen LogP contribution is -2.43. The van der Waals surface area contributed by atoms with Gasteiger partial charge < -0.3 is 15.5 Å². The van der Waals surface area contributed by atoms with Crippen LogP contribution in [0.15, 0.2) is 30.3 Å². The molecule has 4 amide bonds. The van der Waals surface area contributed by atoms with Crippen LogP contribution in [-0.4, -0.2) is 41.1 Å². The third-order valence-corrected chi connectivity index (χ3v) is 5.19. The summed E-state index contributed by atoms with van der Waals surface area (Å²) in [6.45, 7) is 5.57. The van der Waals surface area contributed by atoms with Crippen LogP contribution in [0.4, 0.5) is 14.7 Å². The summed E-state index contributed by atoms with van der Waals surface area (Å²) in [6.07, 6.45) is 1.51. The van der Waals surface area contributed by atoms with Crippen LogP contribution in [0.5, 0.6) is 0 Å². The maximum absolute atomic E-state index is 12.4. The van der Waals surface area contributed by atoms with Crippen LogP contribution in [0.1, 0.15) is 30.0 Å². The molecule has 27 heavy (non-hydrogen) atoms. The smallest absolute Gasteiger partial charge is 0.321 e. The van der Waals surface area contributed by atoms with Gasteiger partial charge in [-0.15, -0.1) is 0 Å². The first-order valence-corrected chi connectivity index (χ1v) is 9.95. The minimum absolute atomic E-state index is 0.0583. The first-order valence-electron chi connectivity index (χ1n) is 9.14. The highest BCUT2D eigenvalue weighted by Crippen LogP contribution is 2.28. The van der Waals surface area contributed by atoms with Crippen molar-refractivity contribution < 1.29 is 9.59 Å². The van der Waals surface area contributed by atoms with Crippen molar-refractivity contribution in [3.05, 3.63) is 46.5 Å². The van der Waals surface area contributed by atoms with E-state index < -0.39 is 0 Å². The molecule has 7 nitrogen and oxygen atoms in total. The van der Waals surface area contributed by atoms with Gasteiger partial charge in [-0.3, -0.25) is 5.32 Å². The Morgan fingerprint density at radius 1 is 1.26 bits per heavy atom. The van der Waals surface area contributed by atoms with Crippen molar-refractivity contribution >= 4 is 28.5 Å². The van der Waals surface area contributed by atoms with E-state index in [1.54, 1.807) is 4.90 Å². The first kappa shape index (κ1) is 19.2. The van der Waals surface area contributed by atoms with Crippen LogP contribution < -0.4 is 16.0 Å². The van der Waals surface area contributed by atoms with Gasteiger partial charge in [0.1, 0.15) is 0 Å². The van der Waals surface area contributed by atoms with Crippen LogP contribution in [0.2, 0.25) is 0 Å². The van der Waals surface area contributed by atoms with E-state index in [1.165, 1.54) is 16.9 Å². The molecule has 0 fully saturated rings. The standard InChI is InChI=1S/C19H25N5O2S/c1-13(2)21-17(25)23-18-22-15-9-11-24(12-16(15)27-18)19(26)20-10-8-14-6-4-3-5-7-14/h3-7,13H,8-12H2,1-2H3,(H,20,26)(H2,21,22,23,25). The van der Waals surface area contributed by atoms with Gasteiger partial charge in [0.2, 0.25) is 0 Å². The monoisotopic (exact) mass is 387 g/mol. The molecule has 0 bridgehead atoms. The molecule has 8 heteroatoms. The summed E-state index contributed by atoms with van der Waals surface area (Å²) in [5.41, 5.74) is 2.17. The second kappa shape index (κ2) is 8.85. The third kappa shape index (κ3) is 5.43. The maximum atomic E-state index is 12.4. The molecule has 1 aromatic heterocycles. The van der Waals surface area contributed by atoms with Gasteiger partial charge in [-0.25, -0.2) is 14.6 Å². The predicted molar refractivity (Wildman–Crippen MR) is 107 cm³/mol. The quantitative estimate of drug-likeness (QED) is 0.737. The lowest BCUT2D eigenvalue weighted by molar-refractivity contribution is 0.193. The van der Waals surface area contributed by atoms with Gasteiger partial charge in [0.15, 0.2) is 5.13 Å². The van der Waals surface area contributed by atoms with Crippen molar-refractivity contribution in [1.29, 1.82) is 0 Å². The number of rotatable bonds is 5. The Morgan fingerprint density at radius 3 is 2.78 bits per heavy atom. The van der Waals surface area contributed by atoms with Crippen molar-refractivity contribution in [1.82, 2.24) is 20.5 Å². The fraction of sp³-hybridized carbons (Fsp3) is 0.421. The number of benzene rings is 1. The van der Waals surface area contributed by atoms with E-state index in [-0.39, 0.29) is 18.1 Å². The molecule has 0 atom stereocenters. The Labute approximate surface area is 163 Å². The molecule has 0 saturated carbocycles. The molecule has 0 saturated heterocycles. The van der Waals surface area contributed by atoms with Gasteiger partial charge in [0, 0.05) is 30.4 Å². The van der Waals surface area contributed by atoms with E-state index in [1.807, 2.05) is 32.0 Å². The number of fused-ring (bicyclic) bond motifs is 1. The van der Waals surface area contributed by atoms with Gasteiger partial charge in [-0.2, -0.15) is 0 Å². The van der Waals surface area contributed by atoms with Crippen LogP contribution in [0, 0.1) is 0 Å². The molecule has 144 valence electrons. The number of thiazole rings is 1. The molecule has 2 aromatic rings. The summed E-state index contributed by atoms with van der Waals surface area (Å²) in [4.78, 5) is 31.5. The summed E-state index contributed by atoms with van der Waals surface area (Å²) >= 11 is 1.43. The van der Waals surface area contributed by atoms with Crippen molar-refractivity contribution in [2.75, 3.05) is 18.4 Å². The van der Waals surface area contributed by atoms with Crippen LogP contribution in [0.25, 0.3) is 0 Å². The number of nitrogens with zero attached hydrogens (tertiary/aromatic N) is 2. The number of hydrogen-bond donors (Lipinski definition) is 3. The number of aromatic nitrogens is 1. The number of anilines is 1. The maximum Gasteiger partial charge on any atom is 0.321 e. The van der Waals surface area contributed by atoms with Gasteiger partial charge in [-0.1, -0.05) is 41.7 Å². The molecule has 1 aliphatic heterocycles. The highest BCUT2D eigenvalue weighted by atomic mass is 32.1. The Hall–Kier alpha value is -2.61. The zero-order valence-corrected chi connectivity index (χ0v) is 16.4. The molecule has 0 spiro atoms. The van der Waals surface area contributed by atoms with E-state index in [4.69, 9.17) is 0 Å². The van der Waals surface area contributed by atoms with Crippen LogP contribution in [-0.2, 0) is 19.4 Å². The van der Waals surface area contributed by atoms with E-state index in [0.717, 1.165) is 17.0 Å². The number of urea groups is 2. The lowest BCUT2D eigenvalue weighted by Gasteiger charge is -2.26. The predicted octanol–water partition coefficient (Wildman–Crippen LogP) is 2.98. The summed E-state index contributed by atoms with van der Waals surface area (Å²) in [6, 6.07) is 9.85. The SMILES string of the molecule is CC(C)NC(=O)Nc1nc2c(s1)CN(C(=O)NCCc1ccccc1)CC2. The molecule has 0 radical (unpaired) electrons. The van der Waals surface area contributed by atoms with Crippen molar-refractivity contribution in [3.8, 4) is 0 Å². The first-order chi connectivity index (χ1) is 13.0. The molecule has 1 aliphatic rings. The summed E-state index contributed by atoms with van der Waals surface area (Å²) in [5.74, 6) is 0. The molecule has 1 aromatic carbocycles.